The first-order valence-electron chi connectivity index (χ1n) is 4.92. The van der Waals surface area contributed by atoms with E-state index in [4.69, 9.17) is 9.78 Å². The number of benzene rings is 1. The van der Waals surface area contributed by atoms with Crippen molar-refractivity contribution in [2.75, 3.05) is 6.61 Å². The fourth-order valence-corrected chi connectivity index (χ4v) is 1.02. The van der Waals surface area contributed by atoms with E-state index in [1.165, 1.54) is 5.56 Å². The molecule has 0 amide bonds. The van der Waals surface area contributed by atoms with Crippen LogP contribution in [0.15, 0.2) is 30.3 Å². The summed E-state index contributed by atoms with van der Waals surface area (Å²) in [5.41, 5.74) is 1.04. The first-order chi connectivity index (χ1) is 6.58. The molecule has 2 heteroatoms. The lowest BCUT2D eigenvalue weighted by Crippen LogP contribution is -2.20. The van der Waals surface area contributed by atoms with Gasteiger partial charge in [-0.2, -0.15) is 0 Å². The predicted molar refractivity (Wildman–Crippen MR) is 56.9 cm³/mol. The molecule has 0 N–H and O–H groups in total. The summed E-state index contributed by atoms with van der Waals surface area (Å²) in [7, 11) is 0. The van der Waals surface area contributed by atoms with Gasteiger partial charge in [-0.1, -0.05) is 30.3 Å². The van der Waals surface area contributed by atoms with Gasteiger partial charge in [0.2, 0.25) is 0 Å². The summed E-state index contributed by atoms with van der Waals surface area (Å²) in [5.74, 6) is 0. The van der Waals surface area contributed by atoms with Crippen LogP contribution in [0.2, 0.25) is 0 Å². The average Bonchev–Trinajstić information content (AvgIpc) is 2.13. The van der Waals surface area contributed by atoms with Crippen molar-refractivity contribution < 1.29 is 9.78 Å². The largest absolute Gasteiger partial charge is 0.236 e. The maximum atomic E-state index is 5.15. The summed E-state index contributed by atoms with van der Waals surface area (Å²) in [5, 5.41) is 0. The molecule has 2 nitrogen and oxygen atoms in total. The van der Waals surface area contributed by atoms with E-state index in [0.717, 1.165) is 6.42 Å². The van der Waals surface area contributed by atoms with Crippen LogP contribution in [0.5, 0.6) is 0 Å². The molecule has 0 aromatic heterocycles. The van der Waals surface area contributed by atoms with E-state index in [-0.39, 0.29) is 5.60 Å². The van der Waals surface area contributed by atoms with Crippen LogP contribution in [0.1, 0.15) is 26.3 Å². The van der Waals surface area contributed by atoms with Gasteiger partial charge >= 0.3 is 0 Å². The summed E-state index contributed by atoms with van der Waals surface area (Å²) >= 11 is 0. The Morgan fingerprint density at radius 1 is 1.07 bits per heavy atom. The highest BCUT2D eigenvalue weighted by molar-refractivity contribution is 5.14. The monoisotopic (exact) mass is 194 g/mol. The van der Waals surface area contributed by atoms with Crippen molar-refractivity contribution in [2.24, 2.45) is 0 Å². The normalized spacial score (nSPS) is 11.6. The van der Waals surface area contributed by atoms with E-state index in [1.807, 2.05) is 39.0 Å². The zero-order valence-corrected chi connectivity index (χ0v) is 9.12. The molecule has 1 aromatic carbocycles. The van der Waals surface area contributed by atoms with E-state index in [9.17, 15) is 0 Å². The van der Waals surface area contributed by atoms with Crippen molar-refractivity contribution in [3.8, 4) is 0 Å². The van der Waals surface area contributed by atoms with Crippen LogP contribution in [0.4, 0.5) is 0 Å². The second kappa shape index (κ2) is 5.13. The second-order valence-electron chi connectivity index (χ2n) is 4.25. The van der Waals surface area contributed by atoms with Gasteiger partial charge in [-0.15, -0.1) is 0 Å². The molecule has 0 aliphatic rings. The van der Waals surface area contributed by atoms with Gasteiger partial charge in [0.1, 0.15) is 0 Å². The fourth-order valence-electron chi connectivity index (χ4n) is 1.02. The van der Waals surface area contributed by atoms with Crippen molar-refractivity contribution in [3.05, 3.63) is 35.9 Å². The molecule has 0 aliphatic carbocycles. The molecule has 0 atom stereocenters. The van der Waals surface area contributed by atoms with Crippen LogP contribution in [0.25, 0.3) is 0 Å². The van der Waals surface area contributed by atoms with Crippen LogP contribution < -0.4 is 0 Å². The molecule has 0 saturated carbocycles. The summed E-state index contributed by atoms with van der Waals surface area (Å²) in [6.07, 6.45) is 0.886. The van der Waals surface area contributed by atoms with Gasteiger partial charge in [0, 0.05) is 0 Å². The molecule has 78 valence electrons. The molecule has 0 spiro atoms. The van der Waals surface area contributed by atoms with Crippen LogP contribution in [-0.2, 0) is 16.2 Å². The highest BCUT2D eigenvalue weighted by Crippen LogP contribution is 2.07. The Kier molecular flexibility index (Phi) is 4.11. The molecule has 0 saturated heterocycles. The van der Waals surface area contributed by atoms with E-state index in [2.05, 4.69) is 12.1 Å². The maximum absolute atomic E-state index is 5.15. The Labute approximate surface area is 85.8 Å². The van der Waals surface area contributed by atoms with Gasteiger partial charge in [0.05, 0.1) is 12.2 Å². The Hall–Kier alpha value is -0.860. The van der Waals surface area contributed by atoms with Crippen molar-refractivity contribution in [2.45, 2.75) is 32.8 Å². The van der Waals surface area contributed by atoms with Crippen LogP contribution in [-0.4, -0.2) is 12.2 Å². The lowest BCUT2D eigenvalue weighted by atomic mass is 10.2. The Balaban J connectivity index is 2.17. The second-order valence-corrected chi connectivity index (χ2v) is 4.25. The van der Waals surface area contributed by atoms with Crippen LogP contribution >= 0.6 is 0 Å². The lowest BCUT2D eigenvalue weighted by molar-refractivity contribution is -0.347. The average molecular weight is 194 g/mol. The highest BCUT2D eigenvalue weighted by atomic mass is 17.2. The first-order valence-corrected chi connectivity index (χ1v) is 4.92. The van der Waals surface area contributed by atoms with Crippen LogP contribution in [0.3, 0.4) is 0 Å². The summed E-state index contributed by atoms with van der Waals surface area (Å²) in [6, 6.07) is 10.2. The van der Waals surface area contributed by atoms with Crippen molar-refractivity contribution in [3.63, 3.8) is 0 Å². The minimum atomic E-state index is -0.226. The van der Waals surface area contributed by atoms with Crippen LogP contribution in [0, 0.1) is 0 Å². The van der Waals surface area contributed by atoms with Gasteiger partial charge in [0.15, 0.2) is 0 Å². The fraction of sp³-hybridized carbons (Fsp3) is 0.500. The zero-order chi connectivity index (χ0) is 10.4. The molecule has 0 fully saturated rings. The molecule has 1 aromatic rings. The Morgan fingerprint density at radius 3 is 2.29 bits per heavy atom. The van der Waals surface area contributed by atoms with Gasteiger partial charge in [-0.05, 0) is 32.8 Å². The quantitative estimate of drug-likeness (QED) is 0.417. The van der Waals surface area contributed by atoms with Crippen molar-refractivity contribution in [1.82, 2.24) is 0 Å². The number of rotatable bonds is 4. The molecular weight excluding hydrogens is 176 g/mol. The Morgan fingerprint density at radius 2 is 1.71 bits per heavy atom. The summed E-state index contributed by atoms with van der Waals surface area (Å²) in [4.78, 5) is 10.3. The van der Waals surface area contributed by atoms with E-state index in [0.29, 0.717) is 6.61 Å². The molecule has 0 heterocycles. The van der Waals surface area contributed by atoms with E-state index in [1.54, 1.807) is 0 Å². The van der Waals surface area contributed by atoms with E-state index >= 15 is 0 Å². The maximum Gasteiger partial charge on any atom is 0.0952 e. The zero-order valence-electron chi connectivity index (χ0n) is 9.12. The van der Waals surface area contributed by atoms with Gasteiger partial charge in [-0.3, -0.25) is 0 Å². The Bertz CT molecular complexity index is 249. The highest BCUT2D eigenvalue weighted by Gasteiger charge is 2.10. The smallest absolute Gasteiger partial charge is 0.0952 e. The minimum Gasteiger partial charge on any atom is -0.236 e. The van der Waals surface area contributed by atoms with Crippen molar-refractivity contribution in [1.29, 1.82) is 0 Å². The molecular formula is C12H18O2. The van der Waals surface area contributed by atoms with Gasteiger partial charge < -0.3 is 0 Å². The summed E-state index contributed by atoms with van der Waals surface area (Å²) < 4.78 is 0. The third-order valence-corrected chi connectivity index (χ3v) is 1.63. The standard InChI is InChI=1S/C12H18O2/c1-12(2,3)14-13-10-9-11-7-5-4-6-8-11/h4-8H,9-10H2,1-3H3. The molecule has 0 bridgehead atoms. The number of hydrogen-bond acceptors (Lipinski definition) is 2. The summed E-state index contributed by atoms with van der Waals surface area (Å²) in [6.45, 7) is 6.50. The molecule has 1 rings (SSSR count). The SMILES string of the molecule is CC(C)(C)OOCCc1ccccc1. The third-order valence-electron chi connectivity index (χ3n) is 1.63. The molecule has 0 aliphatic heterocycles. The molecule has 14 heavy (non-hydrogen) atoms. The minimum absolute atomic E-state index is 0.226. The predicted octanol–water partition coefficient (Wildman–Crippen LogP) is 2.98. The van der Waals surface area contributed by atoms with Gasteiger partial charge in [0.25, 0.3) is 0 Å². The third kappa shape index (κ3) is 5.00. The van der Waals surface area contributed by atoms with E-state index < -0.39 is 0 Å². The first kappa shape index (κ1) is 11.2. The van der Waals surface area contributed by atoms with Gasteiger partial charge in [-0.25, -0.2) is 9.78 Å². The number of hydrogen-bond donors (Lipinski definition) is 0. The lowest BCUT2D eigenvalue weighted by Gasteiger charge is -2.17. The topological polar surface area (TPSA) is 18.5 Å². The van der Waals surface area contributed by atoms with Crippen molar-refractivity contribution >= 4 is 0 Å². The molecule has 0 unspecified atom stereocenters. The molecule has 0 radical (unpaired) electrons.